The van der Waals surface area contributed by atoms with Crippen LogP contribution in [0.4, 0.5) is 0 Å². The van der Waals surface area contributed by atoms with Crippen molar-refractivity contribution >= 4 is 19.5 Å². The van der Waals surface area contributed by atoms with Gasteiger partial charge in [-0.05, 0) is 24.9 Å². The summed E-state index contributed by atoms with van der Waals surface area (Å²) in [6.07, 6.45) is 1.81. The van der Waals surface area contributed by atoms with Gasteiger partial charge in [-0.2, -0.15) is 0 Å². The molecule has 11 heavy (non-hydrogen) atoms. The Bertz CT molecular complexity index is 64.8. The van der Waals surface area contributed by atoms with Crippen LogP contribution in [-0.4, -0.2) is 43.0 Å². The monoisotopic (exact) mass is 194 g/mol. The predicted molar refractivity (Wildman–Crippen MR) is 51.2 cm³/mol. The van der Waals surface area contributed by atoms with E-state index in [-0.39, 0.29) is 19.5 Å². The van der Waals surface area contributed by atoms with Gasteiger partial charge < -0.3 is 14.3 Å². The van der Waals surface area contributed by atoms with Crippen LogP contribution in [0.2, 0.25) is 12.1 Å². The highest BCUT2D eigenvalue weighted by Crippen LogP contribution is 1.90. The van der Waals surface area contributed by atoms with Gasteiger partial charge in [-0.25, -0.2) is 0 Å². The van der Waals surface area contributed by atoms with E-state index in [4.69, 9.17) is 14.3 Å². The predicted octanol–water partition coefficient (Wildman–Crippen LogP) is -1.23. The third-order valence-electron chi connectivity index (χ3n) is 1.39. The molecule has 0 rings (SSSR count). The van der Waals surface area contributed by atoms with Crippen molar-refractivity contribution in [2.24, 2.45) is 0 Å². The molecule has 0 fully saturated rings. The van der Waals surface area contributed by atoms with Gasteiger partial charge >= 0.3 is 0 Å². The molecule has 0 heterocycles. The second-order valence-electron chi connectivity index (χ2n) is 2.47. The van der Waals surface area contributed by atoms with Crippen LogP contribution in [0.5, 0.6) is 0 Å². The third kappa shape index (κ3) is 10.3. The minimum Gasteiger partial charge on any atom is -0.465 e. The lowest BCUT2D eigenvalue weighted by Gasteiger charge is -2.00. The van der Waals surface area contributed by atoms with Crippen molar-refractivity contribution in [2.75, 3.05) is 13.2 Å². The van der Waals surface area contributed by atoms with Crippen LogP contribution in [0.1, 0.15) is 12.8 Å². The maximum Gasteiger partial charge on any atom is 0.146 e. The number of aliphatic hydroxyl groups excluding tert-OH is 2. The standard InChI is InChI=1S/C6H18O3Si2/c7-3-1-5-10-9-11-6-2-4-8/h7-8H,1-6,10-11H2. The molecule has 0 saturated carbocycles. The first-order valence-electron chi connectivity index (χ1n) is 4.21. The number of hydrogen-bond donors (Lipinski definition) is 2. The molecule has 0 aromatic carbocycles. The lowest BCUT2D eigenvalue weighted by Crippen LogP contribution is -2.04. The maximum absolute atomic E-state index is 8.45. The van der Waals surface area contributed by atoms with Crippen molar-refractivity contribution in [3.63, 3.8) is 0 Å². The van der Waals surface area contributed by atoms with Crippen LogP contribution in [0, 0.1) is 0 Å². The molecule has 0 aromatic heterocycles. The lowest BCUT2D eigenvalue weighted by molar-refractivity contribution is 0.293. The molecule has 0 saturated heterocycles. The van der Waals surface area contributed by atoms with Gasteiger partial charge in [0.15, 0.2) is 0 Å². The van der Waals surface area contributed by atoms with Crippen molar-refractivity contribution in [1.29, 1.82) is 0 Å². The highest BCUT2D eigenvalue weighted by Gasteiger charge is 1.90. The summed E-state index contributed by atoms with van der Waals surface area (Å²) in [6.45, 7) is 0.600. The quantitative estimate of drug-likeness (QED) is 0.376. The zero-order valence-electron chi connectivity index (χ0n) is 6.96. The Kier molecular flexibility index (Phi) is 10.6. The van der Waals surface area contributed by atoms with Gasteiger partial charge in [-0.15, -0.1) is 0 Å². The van der Waals surface area contributed by atoms with Crippen LogP contribution in [0.3, 0.4) is 0 Å². The summed E-state index contributed by atoms with van der Waals surface area (Å²) in [6, 6.07) is 2.20. The molecule has 0 atom stereocenters. The molecule has 0 aliphatic carbocycles. The normalized spacial score (nSPS) is 12.5. The number of rotatable bonds is 8. The average molecular weight is 194 g/mol. The van der Waals surface area contributed by atoms with E-state index >= 15 is 0 Å². The van der Waals surface area contributed by atoms with Crippen LogP contribution in [0.25, 0.3) is 0 Å². The zero-order valence-corrected chi connectivity index (χ0v) is 9.79. The summed E-state index contributed by atoms with van der Waals surface area (Å²) in [5, 5.41) is 16.9. The Morgan fingerprint density at radius 1 is 0.909 bits per heavy atom. The van der Waals surface area contributed by atoms with E-state index in [0.717, 1.165) is 24.9 Å². The summed E-state index contributed by atoms with van der Waals surface area (Å²) < 4.78 is 5.49. The summed E-state index contributed by atoms with van der Waals surface area (Å²) in [7, 11) is -0.615. The van der Waals surface area contributed by atoms with E-state index in [1.807, 2.05) is 0 Å². The van der Waals surface area contributed by atoms with Gasteiger partial charge in [0.1, 0.15) is 19.5 Å². The molecule has 0 aromatic rings. The molecule has 0 spiro atoms. The second kappa shape index (κ2) is 10.3. The fourth-order valence-electron chi connectivity index (χ4n) is 0.734. The molecule has 0 bridgehead atoms. The second-order valence-corrected chi connectivity index (χ2v) is 6.34. The molecular formula is C6H18O3Si2. The molecule has 0 aliphatic rings. The van der Waals surface area contributed by atoms with Crippen molar-refractivity contribution in [1.82, 2.24) is 0 Å². The SMILES string of the molecule is OCCC[SiH2]O[SiH2]CCCO. The fourth-order valence-corrected chi connectivity index (χ4v) is 4.04. The highest BCUT2D eigenvalue weighted by atomic mass is 28.3. The van der Waals surface area contributed by atoms with Crippen LogP contribution >= 0.6 is 0 Å². The Balaban J connectivity index is 2.69. The Morgan fingerprint density at radius 2 is 1.36 bits per heavy atom. The minimum absolute atomic E-state index is 0.300. The average Bonchev–Trinajstić information content (AvgIpc) is 2.03. The molecule has 3 nitrogen and oxygen atoms in total. The zero-order chi connectivity index (χ0) is 8.36. The topological polar surface area (TPSA) is 49.7 Å². The van der Waals surface area contributed by atoms with Gasteiger partial charge in [-0.1, -0.05) is 0 Å². The Hall–Kier alpha value is 0.314. The van der Waals surface area contributed by atoms with Gasteiger partial charge in [0.2, 0.25) is 0 Å². The molecule has 68 valence electrons. The van der Waals surface area contributed by atoms with E-state index in [0.29, 0.717) is 13.2 Å². The van der Waals surface area contributed by atoms with Gasteiger partial charge in [-0.3, -0.25) is 0 Å². The van der Waals surface area contributed by atoms with E-state index < -0.39 is 0 Å². The maximum atomic E-state index is 8.45. The van der Waals surface area contributed by atoms with E-state index in [9.17, 15) is 0 Å². The van der Waals surface area contributed by atoms with E-state index in [1.165, 1.54) is 0 Å². The minimum atomic E-state index is -0.308. The summed E-state index contributed by atoms with van der Waals surface area (Å²) in [4.78, 5) is 0. The van der Waals surface area contributed by atoms with Gasteiger partial charge in [0, 0.05) is 13.2 Å². The van der Waals surface area contributed by atoms with Crippen molar-refractivity contribution in [3.8, 4) is 0 Å². The van der Waals surface area contributed by atoms with E-state index in [2.05, 4.69) is 0 Å². The van der Waals surface area contributed by atoms with Crippen molar-refractivity contribution in [2.45, 2.75) is 24.9 Å². The largest absolute Gasteiger partial charge is 0.465 e. The first kappa shape index (κ1) is 11.3. The van der Waals surface area contributed by atoms with E-state index in [1.54, 1.807) is 0 Å². The van der Waals surface area contributed by atoms with Crippen molar-refractivity contribution in [3.05, 3.63) is 0 Å². The number of hydrogen-bond acceptors (Lipinski definition) is 3. The molecule has 0 amide bonds. The lowest BCUT2D eigenvalue weighted by atomic mass is 10.5. The van der Waals surface area contributed by atoms with Gasteiger partial charge in [0.25, 0.3) is 0 Å². The summed E-state index contributed by atoms with van der Waals surface area (Å²) in [5.41, 5.74) is 0. The smallest absolute Gasteiger partial charge is 0.146 e. The highest BCUT2D eigenvalue weighted by molar-refractivity contribution is 6.42. The molecule has 0 radical (unpaired) electrons. The molecule has 2 N–H and O–H groups in total. The van der Waals surface area contributed by atoms with Crippen LogP contribution in [0.15, 0.2) is 0 Å². The van der Waals surface area contributed by atoms with Gasteiger partial charge in [0.05, 0.1) is 0 Å². The fraction of sp³-hybridized carbons (Fsp3) is 1.00. The first-order valence-corrected chi connectivity index (χ1v) is 7.36. The molecule has 0 unspecified atom stereocenters. The van der Waals surface area contributed by atoms with Crippen LogP contribution < -0.4 is 0 Å². The third-order valence-corrected chi connectivity index (χ3v) is 5.28. The molecule has 5 heteroatoms. The van der Waals surface area contributed by atoms with Crippen LogP contribution in [-0.2, 0) is 4.12 Å². The molecular weight excluding hydrogens is 176 g/mol. The molecule has 0 aliphatic heterocycles. The summed E-state index contributed by atoms with van der Waals surface area (Å²) >= 11 is 0. The first-order chi connectivity index (χ1) is 5.41. The Morgan fingerprint density at radius 3 is 1.73 bits per heavy atom. The Labute approximate surface area is 72.7 Å². The van der Waals surface area contributed by atoms with Crippen molar-refractivity contribution < 1.29 is 14.3 Å². The summed E-state index contributed by atoms with van der Waals surface area (Å²) in [5.74, 6) is 0. The number of aliphatic hydroxyl groups is 2.